The fourth-order valence-corrected chi connectivity index (χ4v) is 1.80. The van der Waals surface area contributed by atoms with E-state index < -0.39 is 0 Å². The van der Waals surface area contributed by atoms with E-state index in [9.17, 15) is 4.79 Å². The van der Waals surface area contributed by atoms with Crippen LogP contribution in [0, 0.1) is 5.92 Å². The number of hydrogen-bond donors (Lipinski definition) is 2. The van der Waals surface area contributed by atoms with E-state index in [1.807, 2.05) is 7.05 Å². The van der Waals surface area contributed by atoms with Crippen molar-refractivity contribution in [1.82, 2.24) is 10.2 Å². The van der Waals surface area contributed by atoms with Crippen molar-refractivity contribution in [3.05, 3.63) is 12.7 Å². The van der Waals surface area contributed by atoms with Gasteiger partial charge in [-0.25, -0.2) is 0 Å². The van der Waals surface area contributed by atoms with E-state index in [-0.39, 0.29) is 5.91 Å². The number of carbonyl (C=O) groups excluding carboxylic acids is 1. The van der Waals surface area contributed by atoms with Gasteiger partial charge in [-0.2, -0.15) is 0 Å². The first kappa shape index (κ1) is 12.2. The fourth-order valence-electron chi connectivity index (χ4n) is 1.80. The molecule has 0 aromatic carbocycles. The fraction of sp³-hybridized carbons (Fsp3) is 0.727. The molecule has 0 spiro atoms. The van der Waals surface area contributed by atoms with E-state index in [1.54, 1.807) is 6.08 Å². The molecule has 1 unspecified atom stereocenters. The minimum atomic E-state index is 0.0384. The molecule has 0 aromatic rings. The highest BCUT2D eigenvalue weighted by Crippen LogP contribution is 2.34. The number of nitrogens with one attached hydrogen (secondary N) is 1. The van der Waals surface area contributed by atoms with Gasteiger partial charge >= 0.3 is 0 Å². The Morgan fingerprint density at radius 2 is 2.40 bits per heavy atom. The molecule has 1 aliphatic carbocycles. The van der Waals surface area contributed by atoms with Crippen LogP contribution < -0.4 is 11.1 Å². The molecule has 0 radical (unpaired) electrons. The van der Waals surface area contributed by atoms with Crippen molar-refractivity contribution in [2.24, 2.45) is 11.7 Å². The highest BCUT2D eigenvalue weighted by molar-refractivity contribution is 5.78. The summed E-state index contributed by atoms with van der Waals surface area (Å²) in [4.78, 5) is 13.5. The summed E-state index contributed by atoms with van der Waals surface area (Å²) < 4.78 is 0. The zero-order valence-corrected chi connectivity index (χ0v) is 9.41. The van der Waals surface area contributed by atoms with E-state index in [0.29, 0.717) is 31.6 Å². The number of hydrogen-bond acceptors (Lipinski definition) is 3. The molecule has 1 saturated carbocycles. The van der Waals surface area contributed by atoms with E-state index >= 15 is 0 Å². The van der Waals surface area contributed by atoms with Crippen molar-refractivity contribution < 1.29 is 4.79 Å². The van der Waals surface area contributed by atoms with Gasteiger partial charge in [-0.05, 0) is 25.8 Å². The zero-order chi connectivity index (χ0) is 11.3. The lowest BCUT2D eigenvalue weighted by Gasteiger charge is -2.26. The summed E-state index contributed by atoms with van der Waals surface area (Å²) in [5.74, 6) is 0.740. The SMILES string of the molecule is C=CCNC(=O)CN(C)C(CN)C1CC1. The van der Waals surface area contributed by atoms with Crippen LogP contribution >= 0.6 is 0 Å². The van der Waals surface area contributed by atoms with Gasteiger partial charge in [0.25, 0.3) is 0 Å². The Labute approximate surface area is 91.5 Å². The molecule has 1 fully saturated rings. The maximum Gasteiger partial charge on any atom is 0.234 e. The van der Waals surface area contributed by atoms with Crippen LogP contribution in [0.2, 0.25) is 0 Å². The van der Waals surface area contributed by atoms with Crippen molar-refractivity contribution in [3.8, 4) is 0 Å². The second kappa shape index (κ2) is 5.88. The van der Waals surface area contributed by atoms with Gasteiger partial charge in [0.1, 0.15) is 0 Å². The minimum Gasteiger partial charge on any atom is -0.352 e. The molecule has 0 saturated heterocycles. The van der Waals surface area contributed by atoms with E-state index in [1.165, 1.54) is 12.8 Å². The van der Waals surface area contributed by atoms with Gasteiger partial charge in [0.2, 0.25) is 5.91 Å². The summed E-state index contributed by atoms with van der Waals surface area (Å²) in [7, 11) is 1.96. The molecule has 0 aliphatic heterocycles. The van der Waals surface area contributed by atoms with Gasteiger partial charge in [0, 0.05) is 19.1 Å². The molecule has 3 N–H and O–H groups in total. The summed E-state index contributed by atoms with van der Waals surface area (Å²) in [6.07, 6.45) is 4.18. The Bertz CT molecular complexity index is 226. The first-order chi connectivity index (χ1) is 7.19. The molecular weight excluding hydrogens is 190 g/mol. The molecular formula is C11H21N3O. The molecule has 4 nitrogen and oxygen atoms in total. The minimum absolute atomic E-state index is 0.0384. The van der Waals surface area contributed by atoms with Crippen LogP contribution in [0.15, 0.2) is 12.7 Å². The summed E-state index contributed by atoms with van der Waals surface area (Å²) in [5, 5.41) is 2.76. The molecule has 15 heavy (non-hydrogen) atoms. The normalized spacial score (nSPS) is 17.5. The maximum absolute atomic E-state index is 11.4. The molecule has 4 heteroatoms. The lowest BCUT2D eigenvalue weighted by molar-refractivity contribution is -0.122. The number of carbonyl (C=O) groups is 1. The van der Waals surface area contributed by atoms with Gasteiger partial charge < -0.3 is 11.1 Å². The van der Waals surface area contributed by atoms with E-state index in [2.05, 4.69) is 16.8 Å². The number of likely N-dealkylation sites (N-methyl/N-ethyl adjacent to an activating group) is 1. The van der Waals surface area contributed by atoms with E-state index in [4.69, 9.17) is 5.73 Å². The zero-order valence-electron chi connectivity index (χ0n) is 9.41. The third-order valence-corrected chi connectivity index (χ3v) is 2.81. The Balaban J connectivity index is 2.28. The van der Waals surface area contributed by atoms with Crippen LogP contribution in [-0.4, -0.2) is 43.5 Å². The maximum atomic E-state index is 11.4. The van der Waals surface area contributed by atoms with Crippen molar-refractivity contribution in [1.29, 1.82) is 0 Å². The van der Waals surface area contributed by atoms with Gasteiger partial charge in [0.05, 0.1) is 6.54 Å². The molecule has 0 aromatic heterocycles. The molecule has 1 aliphatic rings. The summed E-state index contributed by atoms with van der Waals surface area (Å²) in [6.45, 7) is 5.14. The molecule has 86 valence electrons. The quantitative estimate of drug-likeness (QED) is 0.581. The average Bonchev–Trinajstić information content (AvgIpc) is 3.00. The predicted molar refractivity (Wildman–Crippen MR) is 61.4 cm³/mol. The molecule has 1 rings (SSSR count). The summed E-state index contributed by atoms with van der Waals surface area (Å²) >= 11 is 0. The Morgan fingerprint density at radius 1 is 1.73 bits per heavy atom. The standard InChI is InChI=1S/C11H21N3O/c1-3-6-13-11(15)8-14(2)10(7-12)9-4-5-9/h3,9-10H,1,4-8,12H2,2H3,(H,13,15). The second-order valence-electron chi connectivity index (χ2n) is 4.15. The highest BCUT2D eigenvalue weighted by atomic mass is 16.2. The lowest BCUT2D eigenvalue weighted by atomic mass is 10.1. The average molecular weight is 211 g/mol. The van der Waals surface area contributed by atoms with Crippen LogP contribution in [-0.2, 0) is 4.79 Å². The Hall–Kier alpha value is -0.870. The van der Waals surface area contributed by atoms with Crippen LogP contribution in [0.25, 0.3) is 0 Å². The Morgan fingerprint density at radius 3 is 2.87 bits per heavy atom. The Kier molecular flexibility index (Phi) is 4.78. The van der Waals surface area contributed by atoms with E-state index in [0.717, 1.165) is 0 Å². The van der Waals surface area contributed by atoms with Gasteiger partial charge in [-0.1, -0.05) is 6.08 Å². The first-order valence-corrected chi connectivity index (χ1v) is 5.47. The number of rotatable bonds is 7. The smallest absolute Gasteiger partial charge is 0.234 e. The van der Waals surface area contributed by atoms with Gasteiger partial charge in [0.15, 0.2) is 0 Å². The monoisotopic (exact) mass is 211 g/mol. The lowest BCUT2D eigenvalue weighted by Crippen LogP contribution is -2.45. The third-order valence-electron chi connectivity index (χ3n) is 2.81. The number of nitrogens with zero attached hydrogens (tertiary/aromatic N) is 1. The van der Waals surface area contributed by atoms with Crippen LogP contribution in [0.5, 0.6) is 0 Å². The molecule has 0 heterocycles. The van der Waals surface area contributed by atoms with Crippen molar-refractivity contribution in [2.75, 3.05) is 26.7 Å². The van der Waals surface area contributed by atoms with Crippen LogP contribution in [0.4, 0.5) is 0 Å². The third kappa shape index (κ3) is 4.01. The molecule has 1 atom stereocenters. The van der Waals surface area contributed by atoms with Crippen molar-refractivity contribution in [3.63, 3.8) is 0 Å². The highest BCUT2D eigenvalue weighted by Gasteiger charge is 2.33. The molecule has 0 bridgehead atoms. The van der Waals surface area contributed by atoms with Gasteiger partial charge in [-0.15, -0.1) is 6.58 Å². The van der Waals surface area contributed by atoms with Crippen LogP contribution in [0.3, 0.4) is 0 Å². The predicted octanol–water partition coefficient (Wildman–Crippen LogP) is -0.0423. The largest absolute Gasteiger partial charge is 0.352 e. The van der Waals surface area contributed by atoms with Crippen LogP contribution in [0.1, 0.15) is 12.8 Å². The van der Waals surface area contributed by atoms with Crippen molar-refractivity contribution >= 4 is 5.91 Å². The summed E-state index contributed by atoms with van der Waals surface area (Å²) in [6, 6.07) is 0.361. The molecule has 1 amide bonds. The number of amides is 1. The summed E-state index contributed by atoms with van der Waals surface area (Å²) in [5.41, 5.74) is 5.70. The number of nitrogens with two attached hydrogens (primary N) is 1. The van der Waals surface area contributed by atoms with Gasteiger partial charge in [-0.3, -0.25) is 9.69 Å². The topological polar surface area (TPSA) is 58.4 Å². The van der Waals surface area contributed by atoms with Crippen molar-refractivity contribution in [2.45, 2.75) is 18.9 Å². The first-order valence-electron chi connectivity index (χ1n) is 5.47. The second-order valence-corrected chi connectivity index (χ2v) is 4.15.